The lowest BCUT2D eigenvalue weighted by atomic mass is 10.0. The molecule has 1 fully saturated rings. The third-order valence-electron chi connectivity index (χ3n) is 5.54. The summed E-state index contributed by atoms with van der Waals surface area (Å²) in [6.07, 6.45) is 1.57. The third kappa shape index (κ3) is 3.76. The first-order valence-corrected chi connectivity index (χ1v) is 10.8. The highest BCUT2D eigenvalue weighted by Crippen LogP contribution is 2.34. The van der Waals surface area contributed by atoms with Crippen molar-refractivity contribution in [2.24, 2.45) is 0 Å². The van der Waals surface area contributed by atoms with Gasteiger partial charge in [-0.25, -0.2) is 0 Å². The van der Waals surface area contributed by atoms with Crippen molar-refractivity contribution in [2.45, 2.75) is 13.8 Å². The van der Waals surface area contributed by atoms with Crippen molar-refractivity contribution in [3.8, 4) is 11.5 Å². The smallest absolute Gasteiger partial charge is 0.270 e. The second-order valence-corrected chi connectivity index (χ2v) is 8.27. The van der Waals surface area contributed by atoms with Gasteiger partial charge in [-0.1, -0.05) is 41.5 Å². The molecule has 3 aromatic carbocycles. The number of rotatable bonds is 3. The van der Waals surface area contributed by atoms with Crippen molar-refractivity contribution in [1.82, 2.24) is 0 Å². The predicted octanol–water partition coefficient (Wildman–Crippen LogP) is 4.78. The van der Waals surface area contributed by atoms with Crippen molar-refractivity contribution in [2.75, 3.05) is 16.6 Å². The molecule has 0 bridgehead atoms. The Morgan fingerprint density at radius 2 is 1.27 bits per heavy atom. The summed E-state index contributed by atoms with van der Waals surface area (Å²) in [5.74, 6) is 0.244. The number of carbonyl (C=O) groups excluding carboxylic acids is 2. The van der Waals surface area contributed by atoms with Gasteiger partial charge in [0.1, 0.15) is 5.57 Å². The highest BCUT2D eigenvalue weighted by Gasteiger charge is 2.41. The van der Waals surface area contributed by atoms with Crippen LogP contribution in [0, 0.1) is 13.8 Å². The fraction of sp³-hybridized carbons (Fsp3) is 0.115. The molecule has 0 spiro atoms. The Balaban J connectivity index is 1.63. The summed E-state index contributed by atoms with van der Waals surface area (Å²) in [5, 5.41) is 0.112. The van der Waals surface area contributed by atoms with Gasteiger partial charge in [0.25, 0.3) is 11.8 Å². The molecule has 0 radical (unpaired) electrons. The largest absolute Gasteiger partial charge is 0.454 e. The zero-order chi connectivity index (χ0) is 23.1. The molecule has 2 heterocycles. The van der Waals surface area contributed by atoms with Crippen LogP contribution in [0.5, 0.6) is 11.5 Å². The summed E-state index contributed by atoms with van der Waals surface area (Å²) in [4.78, 5) is 29.9. The van der Waals surface area contributed by atoms with Crippen LogP contribution in [0.1, 0.15) is 16.7 Å². The van der Waals surface area contributed by atoms with E-state index in [1.807, 2.05) is 62.4 Å². The van der Waals surface area contributed by atoms with E-state index in [1.54, 1.807) is 24.3 Å². The van der Waals surface area contributed by atoms with Crippen molar-refractivity contribution in [3.63, 3.8) is 0 Å². The molecule has 0 atom stereocenters. The standard InChI is InChI=1S/C26H20N2O4S/c1-16-3-8-19(9-4-16)27-24(29)21(13-18-7-12-22-23(14-18)32-15-31-22)25(30)28(26(27)33)20-10-5-17(2)6-11-20/h3-14H,15H2,1-2H3. The lowest BCUT2D eigenvalue weighted by molar-refractivity contribution is -0.120. The summed E-state index contributed by atoms with van der Waals surface area (Å²) < 4.78 is 10.8. The molecule has 2 aliphatic rings. The maximum atomic E-state index is 13.6. The highest BCUT2D eigenvalue weighted by molar-refractivity contribution is 7.81. The fourth-order valence-electron chi connectivity index (χ4n) is 3.74. The molecule has 164 valence electrons. The second-order valence-electron chi connectivity index (χ2n) is 7.91. The highest BCUT2D eigenvalue weighted by atomic mass is 32.1. The minimum absolute atomic E-state index is 0.00335. The molecule has 0 aliphatic carbocycles. The van der Waals surface area contributed by atoms with Gasteiger partial charge in [-0.05, 0) is 74.1 Å². The maximum Gasteiger partial charge on any atom is 0.270 e. The summed E-state index contributed by atoms with van der Waals surface area (Å²) in [7, 11) is 0. The van der Waals surface area contributed by atoms with Crippen molar-refractivity contribution < 1.29 is 19.1 Å². The van der Waals surface area contributed by atoms with Crippen LogP contribution >= 0.6 is 12.2 Å². The van der Waals surface area contributed by atoms with E-state index < -0.39 is 11.8 Å². The number of amides is 2. The van der Waals surface area contributed by atoms with E-state index in [9.17, 15) is 9.59 Å². The normalized spacial score (nSPS) is 15.3. The quantitative estimate of drug-likeness (QED) is 0.323. The number of hydrogen-bond donors (Lipinski definition) is 0. The van der Waals surface area contributed by atoms with Crippen LogP contribution in [0.2, 0.25) is 0 Å². The van der Waals surface area contributed by atoms with Crippen molar-refractivity contribution in [1.29, 1.82) is 0 Å². The maximum absolute atomic E-state index is 13.6. The van der Waals surface area contributed by atoms with Gasteiger partial charge in [0, 0.05) is 0 Å². The molecule has 2 aliphatic heterocycles. The Morgan fingerprint density at radius 3 is 1.82 bits per heavy atom. The molecular weight excluding hydrogens is 436 g/mol. The van der Waals surface area contributed by atoms with Gasteiger partial charge in [0.15, 0.2) is 16.6 Å². The van der Waals surface area contributed by atoms with Crippen molar-refractivity contribution >= 4 is 46.6 Å². The van der Waals surface area contributed by atoms with Gasteiger partial charge >= 0.3 is 0 Å². The first kappa shape index (κ1) is 20.9. The Hall–Kier alpha value is -3.97. The van der Waals surface area contributed by atoms with E-state index in [1.165, 1.54) is 9.80 Å². The molecule has 7 heteroatoms. The van der Waals surface area contributed by atoms with Gasteiger partial charge < -0.3 is 9.47 Å². The molecule has 33 heavy (non-hydrogen) atoms. The molecule has 0 aromatic heterocycles. The van der Waals surface area contributed by atoms with Crippen LogP contribution in [0.3, 0.4) is 0 Å². The van der Waals surface area contributed by atoms with Crippen LogP contribution in [-0.2, 0) is 9.59 Å². The molecule has 6 nitrogen and oxygen atoms in total. The minimum atomic E-state index is -0.477. The van der Waals surface area contributed by atoms with Crippen LogP contribution < -0.4 is 19.3 Å². The molecule has 0 unspecified atom stereocenters. The van der Waals surface area contributed by atoms with Gasteiger partial charge in [0.05, 0.1) is 11.4 Å². The number of thiocarbonyl (C=S) groups is 1. The van der Waals surface area contributed by atoms with E-state index in [2.05, 4.69) is 0 Å². The molecule has 2 amide bonds. The van der Waals surface area contributed by atoms with E-state index >= 15 is 0 Å². The third-order valence-corrected chi connectivity index (χ3v) is 5.91. The number of nitrogens with zero attached hydrogens (tertiary/aromatic N) is 2. The Morgan fingerprint density at radius 1 is 0.758 bits per heavy atom. The van der Waals surface area contributed by atoms with Gasteiger partial charge in [0.2, 0.25) is 6.79 Å². The van der Waals surface area contributed by atoms with E-state index in [-0.39, 0.29) is 17.5 Å². The Labute approximate surface area is 196 Å². The molecule has 5 rings (SSSR count). The van der Waals surface area contributed by atoms with E-state index in [4.69, 9.17) is 21.7 Å². The molecule has 0 saturated carbocycles. The number of benzene rings is 3. The number of hydrogen-bond acceptors (Lipinski definition) is 5. The monoisotopic (exact) mass is 456 g/mol. The Kier molecular flexibility index (Phi) is 5.18. The van der Waals surface area contributed by atoms with Gasteiger partial charge in [-0.2, -0.15) is 0 Å². The summed E-state index contributed by atoms with van der Waals surface area (Å²) in [6, 6.07) is 20.2. The number of aryl methyl sites for hydroxylation is 2. The predicted molar refractivity (Wildman–Crippen MR) is 130 cm³/mol. The molecule has 0 N–H and O–H groups in total. The number of fused-ring (bicyclic) bond motifs is 1. The van der Waals surface area contributed by atoms with Crippen molar-refractivity contribution in [3.05, 3.63) is 89.0 Å². The SMILES string of the molecule is Cc1ccc(N2C(=O)C(=Cc3ccc4c(c3)OCO4)C(=O)N(c3ccc(C)cc3)C2=S)cc1. The summed E-state index contributed by atoms with van der Waals surface area (Å²) >= 11 is 5.66. The van der Waals surface area contributed by atoms with Crippen LogP contribution in [0.4, 0.5) is 11.4 Å². The summed E-state index contributed by atoms with van der Waals surface area (Å²) in [6.45, 7) is 4.07. The number of ether oxygens (including phenoxy) is 2. The molecule has 3 aromatic rings. The topological polar surface area (TPSA) is 59.1 Å². The average Bonchev–Trinajstić information content (AvgIpc) is 3.27. The number of anilines is 2. The zero-order valence-corrected chi connectivity index (χ0v) is 18.9. The van der Waals surface area contributed by atoms with Crippen LogP contribution in [-0.4, -0.2) is 23.7 Å². The fourth-order valence-corrected chi connectivity index (χ4v) is 4.12. The zero-order valence-electron chi connectivity index (χ0n) is 18.1. The van der Waals surface area contributed by atoms with Gasteiger partial charge in [-0.15, -0.1) is 0 Å². The molecule has 1 saturated heterocycles. The van der Waals surface area contributed by atoms with Crippen LogP contribution in [0.15, 0.2) is 72.3 Å². The van der Waals surface area contributed by atoms with E-state index in [0.717, 1.165) is 11.1 Å². The second kappa shape index (κ2) is 8.18. The Bertz CT molecular complexity index is 1240. The van der Waals surface area contributed by atoms with E-state index in [0.29, 0.717) is 28.4 Å². The first-order chi connectivity index (χ1) is 15.9. The number of carbonyl (C=O) groups is 2. The minimum Gasteiger partial charge on any atom is -0.454 e. The van der Waals surface area contributed by atoms with Gasteiger partial charge in [-0.3, -0.25) is 19.4 Å². The molecular formula is C26H20N2O4S. The van der Waals surface area contributed by atoms with Crippen LogP contribution in [0.25, 0.3) is 6.08 Å². The lowest BCUT2D eigenvalue weighted by Crippen LogP contribution is -2.56. The first-order valence-electron chi connectivity index (χ1n) is 10.4. The lowest BCUT2D eigenvalue weighted by Gasteiger charge is -2.36. The summed E-state index contributed by atoms with van der Waals surface area (Å²) in [5.41, 5.74) is 3.95. The average molecular weight is 457 g/mol.